The lowest BCUT2D eigenvalue weighted by molar-refractivity contribution is -0.134. The van der Waals surface area contributed by atoms with Crippen molar-refractivity contribution >= 4 is 24.2 Å². The van der Waals surface area contributed by atoms with Crippen molar-refractivity contribution in [2.24, 2.45) is 11.7 Å². The Hall–Kier alpha value is -2.71. The quantitative estimate of drug-likeness (QED) is 0.609. The molecule has 6 nitrogen and oxygen atoms in total. The van der Waals surface area contributed by atoms with Gasteiger partial charge in [0.1, 0.15) is 12.4 Å². The van der Waals surface area contributed by atoms with E-state index in [1.54, 1.807) is 4.90 Å². The van der Waals surface area contributed by atoms with Crippen LogP contribution in [0, 0.1) is 17.6 Å². The molecule has 0 aromatic heterocycles. The van der Waals surface area contributed by atoms with Gasteiger partial charge in [-0.05, 0) is 30.9 Å². The van der Waals surface area contributed by atoms with Crippen LogP contribution < -0.4 is 15.8 Å². The number of likely N-dealkylation sites (tertiary alicyclic amines) is 1. The SMILES string of the molecule is Cl.NC(=O)C1CCN(C(=O)CN[C@@H]2C[C@H]2c2cc(F)cc(F)c2OCc2ccccc2)CC1. The summed E-state index contributed by atoms with van der Waals surface area (Å²) in [4.78, 5) is 25.5. The zero-order valence-corrected chi connectivity index (χ0v) is 19.0. The van der Waals surface area contributed by atoms with Crippen molar-refractivity contribution < 1.29 is 23.1 Å². The van der Waals surface area contributed by atoms with Crippen molar-refractivity contribution in [3.63, 3.8) is 0 Å². The summed E-state index contributed by atoms with van der Waals surface area (Å²) in [5, 5.41) is 3.19. The second kappa shape index (κ2) is 10.9. The summed E-state index contributed by atoms with van der Waals surface area (Å²) in [6.45, 7) is 1.34. The van der Waals surface area contributed by atoms with E-state index in [-0.39, 0.29) is 61.0 Å². The molecule has 1 aliphatic carbocycles. The van der Waals surface area contributed by atoms with E-state index < -0.39 is 11.6 Å². The number of halogens is 3. The predicted molar refractivity (Wildman–Crippen MR) is 122 cm³/mol. The number of carbonyl (C=O) groups excluding carboxylic acids is 2. The highest BCUT2D eigenvalue weighted by molar-refractivity contribution is 5.85. The van der Waals surface area contributed by atoms with E-state index in [9.17, 15) is 18.4 Å². The number of rotatable bonds is 8. The largest absolute Gasteiger partial charge is 0.486 e. The molecular formula is C24H28ClF2N3O3. The molecule has 9 heteroatoms. The smallest absolute Gasteiger partial charge is 0.236 e. The first-order valence-corrected chi connectivity index (χ1v) is 10.9. The second-order valence-electron chi connectivity index (χ2n) is 8.47. The lowest BCUT2D eigenvalue weighted by Crippen LogP contribution is -2.45. The zero-order valence-electron chi connectivity index (χ0n) is 18.1. The number of nitrogens with zero attached hydrogens (tertiary/aromatic N) is 1. The molecule has 0 bridgehead atoms. The van der Waals surface area contributed by atoms with Crippen molar-refractivity contribution in [3.05, 3.63) is 65.2 Å². The molecule has 178 valence electrons. The lowest BCUT2D eigenvalue weighted by atomic mass is 9.96. The molecule has 33 heavy (non-hydrogen) atoms. The van der Waals surface area contributed by atoms with Gasteiger partial charge in [0.2, 0.25) is 11.8 Å². The van der Waals surface area contributed by atoms with Gasteiger partial charge in [-0.3, -0.25) is 9.59 Å². The normalized spacial score (nSPS) is 20.1. The van der Waals surface area contributed by atoms with Crippen LogP contribution in [0.25, 0.3) is 0 Å². The summed E-state index contributed by atoms with van der Waals surface area (Å²) in [6.07, 6.45) is 1.83. The molecule has 2 aromatic carbocycles. The zero-order chi connectivity index (χ0) is 22.7. The number of hydrogen-bond acceptors (Lipinski definition) is 4. The third-order valence-corrected chi connectivity index (χ3v) is 6.22. The average Bonchev–Trinajstić information content (AvgIpc) is 3.57. The molecule has 2 amide bonds. The first kappa shape index (κ1) is 24.9. The molecule has 2 aliphatic rings. The lowest BCUT2D eigenvalue weighted by Gasteiger charge is -2.30. The predicted octanol–water partition coefficient (Wildman–Crippen LogP) is 3.14. The Morgan fingerprint density at radius 1 is 1.12 bits per heavy atom. The molecule has 3 N–H and O–H groups in total. The Labute approximate surface area is 197 Å². The number of benzene rings is 2. The van der Waals surface area contributed by atoms with E-state index in [2.05, 4.69) is 5.32 Å². The minimum absolute atomic E-state index is 0. The van der Waals surface area contributed by atoms with Crippen LogP contribution in [0.4, 0.5) is 8.78 Å². The first-order chi connectivity index (χ1) is 15.4. The molecule has 4 rings (SSSR count). The molecule has 1 heterocycles. The fourth-order valence-corrected chi connectivity index (χ4v) is 4.25. The number of nitrogens with one attached hydrogen (secondary N) is 1. The highest BCUT2D eigenvalue weighted by atomic mass is 35.5. The van der Waals surface area contributed by atoms with Crippen LogP contribution in [0.15, 0.2) is 42.5 Å². The number of piperidine rings is 1. The van der Waals surface area contributed by atoms with Gasteiger partial charge in [-0.15, -0.1) is 12.4 Å². The highest BCUT2D eigenvalue weighted by Gasteiger charge is 2.41. The third kappa shape index (κ3) is 6.21. The molecule has 1 aliphatic heterocycles. The number of ether oxygens (including phenoxy) is 1. The van der Waals surface area contributed by atoms with Crippen molar-refractivity contribution in [1.29, 1.82) is 0 Å². The van der Waals surface area contributed by atoms with Crippen LogP contribution in [-0.2, 0) is 16.2 Å². The molecule has 2 fully saturated rings. The molecule has 0 unspecified atom stereocenters. The Morgan fingerprint density at radius 3 is 2.48 bits per heavy atom. The van der Waals surface area contributed by atoms with E-state index in [0.29, 0.717) is 37.9 Å². The van der Waals surface area contributed by atoms with E-state index in [0.717, 1.165) is 11.6 Å². The molecule has 2 aromatic rings. The van der Waals surface area contributed by atoms with Gasteiger partial charge in [0.15, 0.2) is 11.6 Å². The van der Waals surface area contributed by atoms with E-state index >= 15 is 0 Å². The molecule has 0 radical (unpaired) electrons. The van der Waals surface area contributed by atoms with Crippen LogP contribution in [0.2, 0.25) is 0 Å². The molecule has 1 saturated carbocycles. The monoisotopic (exact) mass is 479 g/mol. The minimum atomic E-state index is -0.727. The van der Waals surface area contributed by atoms with Crippen LogP contribution in [0.1, 0.15) is 36.3 Å². The van der Waals surface area contributed by atoms with E-state index in [4.69, 9.17) is 10.5 Å². The molecule has 1 saturated heterocycles. The Kier molecular flexibility index (Phi) is 8.26. The van der Waals surface area contributed by atoms with Crippen molar-refractivity contribution in [1.82, 2.24) is 10.2 Å². The fourth-order valence-electron chi connectivity index (χ4n) is 4.25. The highest BCUT2D eigenvalue weighted by Crippen LogP contribution is 2.46. The van der Waals surface area contributed by atoms with Gasteiger partial charge in [0.25, 0.3) is 0 Å². The summed E-state index contributed by atoms with van der Waals surface area (Å²) in [7, 11) is 0. The standard InChI is InChI=1S/C24H27F2N3O3.ClH/c25-17-10-19(23(20(26)11-17)32-14-15-4-2-1-3-5-15)18-12-21(18)28-13-22(30)29-8-6-16(7-9-29)24(27)31;/h1-5,10-11,16,18,21,28H,6-9,12-14H2,(H2,27,31);1H/t18-,21+;/m0./s1. The summed E-state index contributed by atoms with van der Waals surface area (Å²) < 4.78 is 34.1. The maximum Gasteiger partial charge on any atom is 0.236 e. The van der Waals surface area contributed by atoms with Crippen molar-refractivity contribution in [3.8, 4) is 5.75 Å². The van der Waals surface area contributed by atoms with Crippen LogP contribution >= 0.6 is 12.4 Å². The van der Waals surface area contributed by atoms with Gasteiger partial charge >= 0.3 is 0 Å². The van der Waals surface area contributed by atoms with Crippen LogP contribution in [-0.4, -0.2) is 42.4 Å². The fraction of sp³-hybridized carbons (Fsp3) is 0.417. The maximum atomic E-state index is 14.5. The number of carbonyl (C=O) groups is 2. The van der Waals surface area contributed by atoms with E-state index in [1.807, 2.05) is 30.3 Å². The second-order valence-corrected chi connectivity index (χ2v) is 8.47. The number of amides is 2. The Morgan fingerprint density at radius 2 is 1.82 bits per heavy atom. The Balaban J connectivity index is 0.00000306. The van der Waals surface area contributed by atoms with Gasteiger partial charge < -0.3 is 20.7 Å². The molecule has 2 atom stereocenters. The van der Waals surface area contributed by atoms with Gasteiger partial charge in [0, 0.05) is 42.6 Å². The van der Waals surface area contributed by atoms with Gasteiger partial charge in [-0.25, -0.2) is 8.78 Å². The summed E-state index contributed by atoms with van der Waals surface area (Å²) >= 11 is 0. The van der Waals surface area contributed by atoms with Crippen LogP contribution in [0.5, 0.6) is 5.75 Å². The first-order valence-electron chi connectivity index (χ1n) is 10.9. The molecule has 0 spiro atoms. The van der Waals surface area contributed by atoms with Crippen molar-refractivity contribution in [2.45, 2.75) is 37.8 Å². The average molecular weight is 480 g/mol. The summed E-state index contributed by atoms with van der Waals surface area (Å²) in [5.74, 6) is -1.98. The number of nitrogens with two attached hydrogens (primary N) is 1. The Bertz CT molecular complexity index is 984. The van der Waals surface area contributed by atoms with E-state index in [1.165, 1.54) is 6.07 Å². The molecular weight excluding hydrogens is 452 g/mol. The number of hydrogen-bond donors (Lipinski definition) is 2. The van der Waals surface area contributed by atoms with Gasteiger partial charge in [-0.1, -0.05) is 30.3 Å². The van der Waals surface area contributed by atoms with Crippen LogP contribution in [0.3, 0.4) is 0 Å². The summed E-state index contributed by atoms with van der Waals surface area (Å²) in [6, 6.07) is 11.5. The number of primary amides is 1. The minimum Gasteiger partial charge on any atom is -0.486 e. The third-order valence-electron chi connectivity index (χ3n) is 6.22. The van der Waals surface area contributed by atoms with Gasteiger partial charge in [0.05, 0.1) is 6.54 Å². The van der Waals surface area contributed by atoms with Crippen molar-refractivity contribution in [2.75, 3.05) is 19.6 Å². The van der Waals surface area contributed by atoms with Gasteiger partial charge in [-0.2, -0.15) is 0 Å². The topological polar surface area (TPSA) is 84.7 Å². The summed E-state index contributed by atoms with van der Waals surface area (Å²) in [5.41, 5.74) is 6.70. The maximum absolute atomic E-state index is 14.5.